The standard InChI is InChI=1S/C24H29N3O2S/c1-17(2)19-7-9-20(10-8-19)25-23(29)26-13-11-24(12-14-26)27(22(28)16-30-24)21-6-4-5-18(3)15-21/h4-10,15,17H,11-14,16H2,1-3H3,(H,25,29). The van der Waals surface area contributed by atoms with Gasteiger partial charge in [0.1, 0.15) is 0 Å². The molecule has 0 unspecified atom stereocenters. The number of rotatable bonds is 3. The Morgan fingerprint density at radius 3 is 2.43 bits per heavy atom. The first kappa shape index (κ1) is 20.8. The summed E-state index contributed by atoms with van der Waals surface area (Å²) in [6.07, 6.45) is 1.55. The van der Waals surface area contributed by atoms with Gasteiger partial charge in [-0.2, -0.15) is 0 Å². The van der Waals surface area contributed by atoms with Crippen molar-refractivity contribution in [1.29, 1.82) is 0 Å². The molecule has 2 aliphatic heterocycles. The summed E-state index contributed by atoms with van der Waals surface area (Å²) in [4.78, 5) is 29.1. The molecule has 1 spiro atoms. The maximum absolute atomic E-state index is 12.8. The molecule has 0 bridgehead atoms. The van der Waals surface area contributed by atoms with Crippen molar-refractivity contribution in [3.05, 3.63) is 59.7 Å². The van der Waals surface area contributed by atoms with Crippen molar-refractivity contribution in [1.82, 2.24) is 4.90 Å². The minimum Gasteiger partial charge on any atom is -0.324 e. The third-order valence-electron chi connectivity index (χ3n) is 6.04. The van der Waals surface area contributed by atoms with Gasteiger partial charge in [0.15, 0.2) is 0 Å². The first-order chi connectivity index (χ1) is 14.4. The van der Waals surface area contributed by atoms with Crippen LogP contribution in [0.15, 0.2) is 48.5 Å². The van der Waals surface area contributed by atoms with Crippen LogP contribution in [0.4, 0.5) is 16.2 Å². The number of urea groups is 1. The summed E-state index contributed by atoms with van der Waals surface area (Å²) < 4.78 is 0. The van der Waals surface area contributed by atoms with Crippen molar-refractivity contribution in [2.45, 2.75) is 44.4 Å². The fourth-order valence-electron chi connectivity index (χ4n) is 4.28. The summed E-state index contributed by atoms with van der Waals surface area (Å²) in [6, 6.07) is 16.1. The van der Waals surface area contributed by atoms with Crippen molar-refractivity contribution in [3.63, 3.8) is 0 Å². The smallest absolute Gasteiger partial charge is 0.321 e. The van der Waals surface area contributed by atoms with E-state index in [9.17, 15) is 9.59 Å². The fraction of sp³-hybridized carbons (Fsp3) is 0.417. The van der Waals surface area contributed by atoms with Gasteiger partial charge in [0.25, 0.3) is 0 Å². The number of nitrogens with one attached hydrogen (secondary N) is 1. The topological polar surface area (TPSA) is 52.7 Å². The average Bonchev–Trinajstić information content (AvgIpc) is 3.04. The zero-order chi connectivity index (χ0) is 21.3. The third-order valence-corrected chi connectivity index (χ3v) is 7.56. The van der Waals surface area contributed by atoms with Crippen molar-refractivity contribution in [3.8, 4) is 0 Å². The fourth-order valence-corrected chi connectivity index (χ4v) is 5.61. The lowest BCUT2D eigenvalue weighted by Gasteiger charge is -2.44. The number of benzene rings is 2. The van der Waals surface area contributed by atoms with Crippen LogP contribution in [0.25, 0.3) is 0 Å². The number of nitrogens with zero attached hydrogens (tertiary/aromatic N) is 2. The van der Waals surface area contributed by atoms with Gasteiger partial charge in [0.05, 0.1) is 10.6 Å². The zero-order valence-corrected chi connectivity index (χ0v) is 18.7. The molecule has 30 heavy (non-hydrogen) atoms. The van der Waals surface area contributed by atoms with Crippen LogP contribution >= 0.6 is 11.8 Å². The second kappa shape index (κ2) is 8.34. The molecule has 0 radical (unpaired) electrons. The van der Waals surface area contributed by atoms with Crippen LogP contribution in [-0.2, 0) is 4.79 Å². The number of aryl methyl sites for hydroxylation is 1. The Morgan fingerprint density at radius 2 is 1.80 bits per heavy atom. The average molecular weight is 424 g/mol. The van der Waals surface area contributed by atoms with Gasteiger partial charge in [-0.1, -0.05) is 38.1 Å². The maximum Gasteiger partial charge on any atom is 0.321 e. The number of likely N-dealkylation sites (tertiary alicyclic amines) is 1. The largest absolute Gasteiger partial charge is 0.324 e. The molecule has 3 amide bonds. The Morgan fingerprint density at radius 1 is 1.10 bits per heavy atom. The highest BCUT2D eigenvalue weighted by atomic mass is 32.2. The summed E-state index contributed by atoms with van der Waals surface area (Å²) in [5.74, 6) is 1.13. The predicted molar refractivity (Wildman–Crippen MR) is 124 cm³/mol. The molecule has 2 aromatic rings. The Hall–Kier alpha value is -2.47. The SMILES string of the molecule is Cc1cccc(N2C(=O)CSC23CCN(C(=O)Nc2ccc(C(C)C)cc2)CC3)c1. The number of thioether (sulfide) groups is 1. The van der Waals surface area contributed by atoms with E-state index in [-0.39, 0.29) is 16.8 Å². The van der Waals surface area contributed by atoms with Gasteiger partial charge in [-0.3, -0.25) is 9.69 Å². The van der Waals surface area contributed by atoms with Crippen LogP contribution in [0, 0.1) is 6.92 Å². The van der Waals surface area contributed by atoms with Crippen LogP contribution in [0.5, 0.6) is 0 Å². The molecular formula is C24H29N3O2S. The Balaban J connectivity index is 1.42. The summed E-state index contributed by atoms with van der Waals surface area (Å²) in [5, 5.41) is 3.02. The maximum atomic E-state index is 12.8. The summed E-state index contributed by atoms with van der Waals surface area (Å²) in [5.41, 5.74) is 4.18. The molecule has 2 heterocycles. The van der Waals surface area contributed by atoms with Gasteiger partial charge in [-0.25, -0.2) is 4.79 Å². The predicted octanol–water partition coefficient (Wildman–Crippen LogP) is 5.22. The number of anilines is 2. The van der Waals surface area contributed by atoms with Crippen LogP contribution in [0.1, 0.15) is 43.7 Å². The molecule has 158 valence electrons. The second-order valence-corrected chi connectivity index (χ2v) is 9.83. The van der Waals surface area contributed by atoms with Crippen LogP contribution in [-0.4, -0.2) is 40.6 Å². The van der Waals surface area contributed by atoms with Crippen LogP contribution < -0.4 is 10.2 Å². The van der Waals surface area contributed by atoms with E-state index >= 15 is 0 Å². The number of carbonyl (C=O) groups excluding carboxylic acids is 2. The van der Waals surface area contributed by atoms with Crippen molar-refractivity contribution < 1.29 is 9.59 Å². The number of amides is 3. The first-order valence-electron chi connectivity index (χ1n) is 10.6. The van der Waals surface area contributed by atoms with E-state index in [1.54, 1.807) is 11.8 Å². The molecular weight excluding hydrogens is 394 g/mol. The van der Waals surface area contributed by atoms with E-state index in [4.69, 9.17) is 0 Å². The van der Waals surface area contributed by atoms with Gasteiger partial charge in [-0.15, -0.1) is 11.8 Å². The minimum absolute atomic E-state index is 0.0708. The van der Waals surface area contributed by atoms with E-state index in [1.807, 2.05) is 47.1 Å². The third kappa shape index (κ3) is 4.06. The number of hydrogen-bond donors (Lipinski definition) is 1. The van der Waals surface area contributed by atoms with Crippen molar-refractivity contribution in [2.24, 2.45) is 0 Å². The molecule has 0 aromatic heterocycles. The monoisotopic (exact) mass is 423 g/mol. The molecule has 2 fully saturated rings. The highest BCUT2D eigenvalue weighted by molar-refractivity contribution is 8.02. The van der Waals surface area contributed by atoms with Crippen molar-refractivity contribution >= 4 is 35.1 Å². The van der Waals surface area contributed by atoms with Crippen molar-refractivity contribution in [2.75, 3.05) is 29.1 Å². The van der Waals surface area contributed by atoms with E-state index < -0.39 is 0 Å². The Labute approximate surface area is 182 Å². The normalized spacial score (nSPS) is 18.3. The molecule has 0 atom stereocenters. The van der Waals surface area contributed by atoms with Gasteiger partial charge < -0.3 is 10.2 Å². The molecule has 2 aromatic carbocycles. The number of piperidine rings is 1. The lowest BCUT2D eigenvalue weighted by molar-refractivity contribution is -0.116. The molecule has 1 N–H and O–H groups in total. The molecule has 0 saturated carbocycles. The lowest BCUT2D eigenvalue weighted by Crippen LogP contribution is -2.53. The molecule has 2 saturated heterocycles. The summed E-state index contributed by atoms with van der Waals surface area (Å²) >= 11 is 1.72. The highest BCUT2D eigenvalue weighted by Crippen LogP contribution is 2.46. The molecule has 0 aliphatic carbocycles. The summed E-state index contributed by atoms with van der Waals surface area (Å²) in [6.45, 7) is 7.63. The van der Waals surface area contributed by atoms with E-state index in [0.717, 1.165) is 29.8 Å². The van der Waals surface area contributed by atoms with Crippen LogP contribution in [0.2, 0.25) is 0 Å². The van der Waals surface area contributed by atoms with Gasteiger partial charge in [0, 0.05) is 24.5 Å². The molecule has 4 rings (SSSR count). The van der Waals surface area contributed by atoms with Crippen LogP contribution in [0.3, 0.4) is 0 Å². The minimum atomic E-state index is -0.249. The quantitative estimate of drug-likeness (QED) is 0.736. The van der Waals surface area contributed by atoms with E-state index in [2.05, 4.69) is 37.4 Å². The van der Waals surface area contributed by atoms with Gasteiger partial charge >= 0.3 is 6.03 Å². The molecule has 5 nitrogen and oxygen atoms in total. The number of carbonyl (C=O) groups is 2. The molecule has 2 aliphatic rings. The van der Waals surface area contributed by atoms with Gasteiger partial charge in [0.2, 0.25) is 5.91 Å². The van der Waals surface area contributed by atoms with Gasteiger partial charge in [-0.05, 0) is 61.1 Å². The highest BCUT2D eigenvalue weighted by Gasteiger charge is 2.49. The molecule has 6 heteroatoms. The van der Waals surface area contributed by atoms with E-state index in [1.165, 1.54) is 5.56 Å². The van der Waals surface area contributed by atoms with E-state index in [0.29, 0.717) is 24.8 Å². The zero-order valence-electron chi connectivity index (χ0n) is 17.9. The number of hydrogen-bond acceptors (Lipinski definition) is 3. The first-order valence-corrected chi connectivity index (χ1v) is 11.6. The second-order valence-electron chi connectivity index (χ2n) is 8.50. The Bertz CT molecular complexity index is 934. The lowest BCUT2D eigenvalue weighted by atomic mass is 10.0. The summed E-state index contributed by atoms with van der Waals surface area (Å²) in [7, 11) is 0. The Kier molecular flexibility index (Phi) is 5.78.